The molecule has 24 heavy (non-hydrogen) atoms. The van der Waals surface area contributed by atoms with Gasteiger partial charge in [0.2, 0.25) is 0 Å². The molecule has 1 aliphatic heterocycles. The van der Waals surface area contributed by atoms with Crippen LogP contribution in [0.5, 0.6) is 0 Å². The average Bonchev–Trinajstić information content (AvgIpc) is 3.05. The van der Waals surface area contributed by atoms with Crippen LogP contribution in [0.25, 0.3) is 10.9 Å². The molecule has 0 unspecified atom stereocenters. The fourth-order valence-electron chi connectivity index (χ4n) is 3.43. The molecule has 1 N–H and O–H groups in total. The normalized spacial score (nSPS) is 18.0. The first-order valence-electron chi connectivity index (χ1n) is 8.22. The van der Waals surface area contributed by atoms with E-state index in [1.165, 1.54) is 0 Å². The number of nitrogens with zero attached hydrogens (tertiary/aromatic N) is 2. The summed E-state index contributed by atoms with van der Waals surface area (Å²) >= 11 is 6.04. The summed E-state index contributed by atoms with van der Waals surface area (Å²) in [5.41, 5.74) is 2.49. The highest BCUT2D eigenvalue weighted by Gasteiger charge is 2.30. The van der Waals surface area contributed by atoms with Gasteiger partial charge in [-0.15, -0.1) is 0 Å². The molecule has 0 aliphatic carbocycles. The van der Waals surface area contributed by atoms with Crippen molar-refractivity contribution in [3.63, 3.8) is 0 Å². The number of aromatic nitrogens is 2. The van der Waals surface area contributed by atoms with Gasteiger partial charge in [-0.25, -0.2) is 0 Å². The van der Waals surface area contributed by atoms with Crippen LogP contribution in [0.1, 0.15) is 41.5 Å². The number of hydrogen-bond acceptors (Lipinski definition) is 2. The van der Waals surface area contributed by atoms with Gasteiger partial charge in [-0.1, -0.05) is 17.7 Å². The van der Waals surface area contributed by atoms with Crippen molar-refractivity contribution in [3.05, 3.63) is 65.1 Å². The fraction of sp³-hybridized carbons (Fsp3) is 0.263. The highest BCUT2D eigenvalue weighted by atomic mass is 35.5. The van der Waals surface area contributed by atoms with E-state index < -0.39 is 0 Å². The summed E-state index contributed by atoms with van der Waals surface area (Å²) in [6, 6.07) is 13.4. The van der Waals surface area contributed by atoms with E-state index in [0.29, 0.717) is 10.7 Å². The standard InChI is InChI=1S/C19H18ClN3O/c20-14-7-8-15-13(11-14)12-17(22-15)19(24)23-10-4-2-6-18(23)16-5-1-3-9-21-16/h1,3,5,7-9,11-12,18,22H,2,4,6,10H2/t18-/m1/s1. The molecule has 1 amide bonds. The van der Waals surface area contributed by atoms with E-state index in [2.05, 4.69) is 9.97 Å². The molecule has 5 heteroatoms. The minimum Gasteiger partial charge on any atom is -0.351 e. The summed E-state index contributed by atoms with van der Waals surface area (Å²) in [7, 11) is 0. The van der Waals surface area contributed by atoms with Crippen LogP contribution in [0.15, 0.2) is 48.7 Å². The van der Waals surface area contributed by atoms with E-state index >= 15 is 0 Å². The SMILES string of the molecule is O=C(c1cc2cc(Cl)ccc2[nH]1)N1CCCC[C@@H]1c1ccccn1. The lowest BCUT2D eigenvalue weighted by Gasteiger charge is -2.35. The van der Waals surface area contributed by atoms with Gasteiger partial charge >= 0.3 is 0 Å². The Hall–Kier alpha value is -2.33. The number of benzene rings is 1. The summed E-state index contributed by atoms with van der Waals surface area (Å²) in [6.07, 6.45) is 4.89. The summed E-state index contributed by atoms with van der Waals surface area (Å²) in [5.74, 6) is 0.0256. The second-order valence-corrected chi connectivity index (χ2v) is 6.62. The van der Waals surface area contributed by atoms with E-state index in [4.69, 9.17) is 11.6 Å². The number of hydrogen-bond donors (Lipinski definition) is 1. The Morgan fingerprint density at radius 2 is 2.12 bits per heavy atom. The Morgan fingerprint density at radius 3 is 2.96 bits per heavy atom. The van der Waals surface area contributed by atoms with Gasteiger partial charge in [0.15, 0.2) is 0 Å². The molecule has 1 aliphatic rings. The minimum atomic E-state index is 0.0256. The van der Waals surface area contributed by atoms with Crippen LogP contribution >= 0.6 is 11.6 Å². The summed E-state index contributed by atoms with van der Waals surface area (Å²) in [6.45, 7) is 0.760. The number of piperidine rings is 1. The van der Waals surface area contributed by atoms with Gasteiger partial charge < -0.3 is 9.88 Å². The number of carbonyl (C=O) groups is 1. The first-order valence-corrected chi connectivity index (χ1v) is 8.60. The molecule has 122 valence electrons. The highest BCUT2D eigenvalue weighted by molar-refractivity contribution is 6.31. The van der Waals surface area contributed by atoms with Crippen molar-refractivity contribution < 1.29 is 4.79 Å². The average molecular weight is 340 g/mol. The Balaban J connectivity index is 1.67. The first kappa shape index (κ1) is 15.2. The summed E-state index contributed by atoms with van der Waals surface area (Å²) in [4.78, 5) is 22.7. The molecule has 0 spiro atoms. The van der Waals surface area contributed by atoms with Crippen LogP contribution in [-0.4, -0.2) is 27.3 Å². The maximum atomic E-state index is 13.1. The molecule has 3 heterocycles. The number of halogens is 1. The van der Waals surface area contributed by atoms with Crippen LogP contribution in [0.3, 0.4) is 0 Å². The minimum absolute atomic E-state index is 0.0256. The maximum absolute atomic E-state index is 13.1. The van der Waals surface area contributed by atoms with Crippen molar-refractivity contribution in [2.75, 3.05) is 6.54 Å². The number of likely N-dealkylation sites (tertiary alicyclic amines) is 1. The summed E-state index contributed by atoms with van der Waals surface area (Å²) < 4.78 is 0. The number of nitrogens with one attached hydrogen (secondary N) is 1. The highest BCUT2D eigenvalue weighted by Crippen LogP contribution is 2.31. The third kappa shape index (κ3) is 2.78. The molecule has 0 radical (unpaired) electrons. The monoisotopic (exact) mass is 339 g/mol. The topological polar surface area (TPSA) is 49.0 Å². The lowest BCUT2D eigenvalue weighted by Crippen LogP contribution is -2.39. The zero-order valence-corrected chi connectivity index (χ0v) is 14.0. The molecule has 4 rings (SSSR count). The van der Waals surface area contributed by atoms with E-state index in [-0.39, 0.29) is 11.9 Å². The Bertz CT molecular complexity index is 875. The van der Waals surface area contributed by atoms with Gasteiger partial charge in [0, 0.05) is 28.7 Å². The molecule has 1 fully saturated rings. The van der Waals surface area contributed by atoms with E-state index in [1.54, 1.807) is 6.20 Å². The smallest absolute Gasteiger partial charge is 0.270 e. The summed E-state index contributed by atoms with van der Waals surface area (Å²) in [5, 5.41) is 1.63. The van der Waals surface area contributed by atoms with Gasteiger partial charge in [-0.2, -0.15) is 0 Å². The molecule has 1 atom stereocenters. The fourth-order valence-corrected chi connectivity index (χ4v) is 3.61. The Kier molecular flexibility index (Phi) is 3.98. The van der Waals surface area contributed by atoms with Crippen LogP contribution in [0.2, 0.25) is 5.02 Å². The van der Waals surface area contributed by atoms with Crippen molar-refractivity contribution in [3.8, 4) is 0 Å². The molecule has 4 nitrogen and oxygen atoms in total. The van der Waals surface area contributed by atoms with Crippen molar-refractivity contribution in [2.45, 2.75) is 25.3 Å². The molecule has 0 saturated carbocycles. The van der Waals surface area contributed by atoms with Gasteiger partial charge in [0.05, 0.1) is 11.7 Å². The van der Waals surface area contributed by atoms with Crippen LogP contribution in [0, 0.1) is 0 Å². The quantitative estimate of drug-likeness (QED) is 0.742. The second kappa shape index (κ2) is 6.29. The Labute approximate surface area is 145 Å². The number of fused-ring (bicyclic) bond motifs is 1. The number of amides is 1. The Morgan fingerprint density at radius 1 is 1.21 bits per heavy atom. The molecule has 1 aromatic carbocycles. The van der Waals surface area contributed by atoms with Crippen LogP contribution < -0.4 is 0 Å². The predicted molar refractivity (Wildman–Crippen MR) is 95.2 cm³/mol. The zero-order chi connectivity index (χ0) is 16.5. The van der Waals surface area contributed by atoms with Gasteiger partial charge in [-0.3, -0.25) is 9.78 Å². The van der Waals surface area contributed by atoms with Crippen molar-refractivity contribution in [1.82, 2.24) is 14.9 Å². The number of pyridine rings is 1. The van der Waals surface area contributed by atoms with Crippen LogP contribution in [0.4, 0.5) is 0 Å². The third-order valence-electron chi connectivity index (χ3n) is 4.61. The lowest BCUT2D eigenvalue weighted by molar-refractivity contribution is 0.0601. The van der Waals surface area contributed by atoms with E-state index in [0.717, 1.165) is 42.4 Å². The van der Waals surface area contributed by atoms with Gasteiger partial charge in [0.1, 0.15) is 5.69 Å². The van der Waals surface area contributed by atoms with Crippen molar-refractivity contribution in [2.24, 2.45) is 0 Å². The third-order valence-corrected chi connectivity index (χ3v) is 4.84. The molecular formula is C19H18ClN3O. The van der Waals surface area contributed by atoms with Crippen molar-refractivity contribution >= 4 is 28.4 Å². The molecule has 3 aromatic rings. The first-order chi connectivity index (χ1) is 11.7. The maximum Gasteiger partial charge on any atom is 0.270 e. The van der Waals surface area contributed by atoms with Gasteiger partial charge in [0.25, 0.3) is 5.91 Å². The van der Waals surface area contributed by atoms with E-state index in [1.807, 2.05) is 47.4 Å². The molecular weight excluding hydrogens is 322 g/mol. The molecule has 0 bridgehead atoms. The molecule has 1 saturated heterocycles. The number of rotatable bonds is 2. The zero-order valence-electron chi connectivity index (χ0n) is 13.2. The number of H-pyrrole nitrogens is 1. The van der Waals surface area contributed by atoms with Gasteiger partial charge in [-0.05, 0) is 55.7 Å². The van der Waals surface area contributed by atoms with Crippen molar-refractivity contribution in [1.29, 1.82) is 0 Å². The lowest BCUT2D eigenvalue weighted by atomic mass is 9.98. The number of aromatic amines is 1. The van der Waals surface area contributed by atoms with Crippen LogP contribution in [-0.2, 0) is 0 Å². The number of carbonyl (C=O) groups excluding carboxylic acids is 1. The predicted octanol–water partition coefficient (Wildman–Crippen LogP) is 4.58. The molecule has 2 aromatic heterocycles. The second-order valence-electron chi connectivity index (χ2n) is 6.18. The van der Waals surface area contributed by atoms with E-state index in [9.17, 15) is 4.79 Å². The largest absolute Gasteiger partial charge is 0.351 e.